The summed E-state index contributed by atoms with van der Waals surface area (Å²) in [7, 11) is 1.55. The van der Waals surface area contributed by atoms with Gasteiger partial charge in [0.2, 0.25) is 17.7 Å². The molecule has 7 nitrogen and oxygen atoms in total. The van der Waals surface area contributed by atoms with Crippen molar-refractivity contribution in [3.63, 3.8) is 0 Å². The van der Waals surface area contributed by atoms with Gasteiger partial charge in [-0.2, -0.15) is 0 Å². The third-order valence-corrected chi connectivity index (χ3v) is 3.54. The Morgan fingerprint density at radius 2 is 1.88 bits per heavy atom. The van der Waals surface area contributed by atoms with Gasteiger partial charge in [0.25, 0.3) is 0 Å². The molecule has 132 valence electrons. The number of ether oxygens (including phenoxy) is 1. The maximum atomic E-state index is 12.4. The van der Waals surface area contributed by atoms with E-state index in [1.807, 2.05) is 19.9 Å². The molecule has 2 atom stereocenters. The first-order valence-electron chi connectivity index (χ1n) is 7.74. The Morgan fingerprint density at radius 1 is 1.21 bits per heavy atom. The normalized spacial score (nSPS) is 13.0. The molecule has 0 aliphatic rings. The molecule has 1 aromatic carbocycles. The first kappa shape index (κ1) is 19.5. The van der Waals surface area contributed by atoms with Crippen molar-refractivity contribution < 1.29 is 19.1 Å². The number of hydrogen-bond donors (Lipinski definition) is 3. The van der Waals surface area contributed by atoms with Crippen molar-refractivity contribution in [2.24, 2.45) is 11.7 Å². The number of nitrogens with two attached hydrogens (primary N) is 1. The van der Waals surface area contributed by atoms with Gasteiger partial charge in [0.05, 0.1) is 7.11 Å². The Hall–Kier alpha value is -2.57. The highest BCUT2D eigenvalue weighted by molar-refractivity contribution is 5.91. The molecule has 0 aromatic heterocycles. The average molecular weight is 335 g/mol. The van der Waals surface area contributed by atoms with E-state index in [0.717, 1.165) is 5.56 Å². The van der Waals surface area contributed by atoms with Crippen LogP contribution in [-0.4, -0.2) is 36.9 Å². The highest BCUT2D eigenvalue weighted by atomic mass is 16.5. The number of methoxy groups -OCH3 is 1. The lowest BCUT2D eigenvalue weighted by molar-refractivity contribution is -0.131. The molecule has 3 amide bonds. The number of amides is 3. The second-order valence-electron chi connectivity index (χ2n) is 5.94. The van der Waals surface area contributed by atoms with Crippen LogP contribution in [0.3, 0.4) is 0 Å². The molecule has 0 fully saturated rings. The fraction of sp³-hybridized carbons (Fsp3) is 0.471. The van der Waals surface area contributed by atoms with E-state index in [2.05, 4.69) is 10.6 Å². The van der Waals surface area contributed by atoms with Crippen molar-refractivity contribution in [3.05, 3.63) is 29.8 Å². The van der Waals surface area contributed by atoms with Crippen LogP contribution in [-0.2, 0) is 20.8 Å². The molecule has 4 N–H and O–H groups in total. The van der Waals surface area contributed by atoms with Crippen LogP contribution in [0.4, 0.5) is 0 Å². The van der Waals surface area contributed by atoms with Crippen molar-refractivity contribution in [1.82, 2.24) is 10.6 Å². The van der Waals surface area contributed by atoms with E-state index < -0.39 is 23.9 Å². The van der Waals surface area contributed by atoms with Crippen LogP contribution in [0.15, 0.2) is 24.3 Å². The standard InChI is InChI=1S/C17H25N3O4/c1-10(2)15(19-11(3)21)17(23)20-14(16(18)22)9-12-6-5-7-13(8-12)24-4/h5-8,10,14-15H,9H2,1-4H3,(H2,18,22)(H,19,21)(H,20,23)/t14-,15-/m1/s1. The van der Waals surface area contributed by atoms with Crippen molar-refractivity contribution in [2.45, 2.75) is 39.3 Å². The van der Waals surface area contributed by atoms with Crippen LogP contribution in [0, 0.1) is 5.92 Å². The molecule has 0 aliphatic carbocycles. The highest BCUT2D eigenvalue weighted by Gasteiger charge is 2.27. The Kier molecular flexibility index (Phi) is 7.23. The summed E-state index contributed by atoms with van der Waals surface area (Å²) in [5.74, 6) is -0.865. The molecule has 24 heavy (non-hydrogen) atoms. The Balaban J connectivity index is 2.86. The predicted molar refractivity (Wildman–Crippen MR) is 90.3 cm³/mol. The second-order valence-corrected chi connectivity index (χ2v) is 5.94. The molecule has 0 heterocycles. The fourth-order valence-electron chi connectivity index (χ4n) is 2.27. The zero-order chi connectivity index (χ0) is 18.3. The van der Waals surface area contributed by atoms with Crippen LogP contribution in [0.2, 0.25) is 0 Å². The molecule has 0 aliphatic heterocycles. The maximum absolute atomic E-state index is 12.4. The van der Waals surface area contributed by atoms with Crippen LogP contribution in [0.5, 0.6) is 5.75 Å². The number of primary amides is 1. The average Bonchev–Trinajstić information content (AvgIpc) is 2.51. The van der Waals surface area contributed by atoms with E-state index in [1.165, 1.54) is 6.92 Å². The Morgan fingerprint density at radius 3 is 2.38 bits per heavy atom. The van der Waals surface area contributed by atoms with E-state index in [9.17, 15) is 14.4 Å². The van der Waals surface area contributed by atoms with Crippen LogP contribution in [0.25, 0.3) is 0 Å². The van der Waals surface area contributed by atoms with E-state index >= 15 is 0 Å². The second kappa shape index (κ2) is 8.90. The van der Waals surface area contributed by atoms with Gasteiger partial charge >= 0.3 is 0 Å². The first-order chi connectivity index (χ1) is 11.2. The zero-order valence-electron chi connectivity index (χ0n) is 14.5. The molecular weight excluding hydrogens is 310 g/mol. The lowest BCUT2D eigenvalue weighted by atomic mass is 10.0. The zero-order valence-corrected chi connectivity index (χ0v) is 14.5. The molecule has 1 aromatic rings. The minimum absolute atomic E-state index is 0.126. The lowest BCUT2D eigenvalue weighted by Gasteiger charge is -2.24. The molecule has 0 radical (unpaired) electrons. The summed E-state index contributed by atoms with van der Waals surface area (Å²) in [5, 5.41) is 5.20. The van der Waals surface area contributed by atoms with Crippen molar-refractivity contribution in [3.8, 4) is 5.75 Å². The number of carbonyl (C=O) groups excluding carboxylic acids is 3. The minimum Gasteiger partial charge on any atom is -0.497 e. The van der Waals surface area contributed by atoms with Gasteiger partial charge in [0.1, 0.15) is 17.8 Å². The summed E-state index contributed by atoms with van der Waals surface area (Å²) in [6.45, 7) is 4.95. The van der Waals surface area contributed by atoms with Crippen LogP contribution < -0.4 is 21.1 Å². The molecule has 0 unspecified atom stereocenters. The van der Waals surface area contributed by atoms with Crippen molar-refractivity contribution >= 4 is 17.7 Å². The summed E-state index contributed by atoms with van der Waals surface area (Å²) < 4.78 is 5.14. The molecular formula is C17H25N3O4. The van der Waals surface area contributed by atoms with Gasteiger partial charge in [-0.1, -0.05) is 26.0 Å². The van der Waals surface area contributed by atoms with E-state index in [-0.39, 0.29) is 18.2 Å². The van der Waals surface area contributed by atoms with Gasteiger partial charge in [-0.3, -0.25) is 14.4 Å². The number of carbonyl (C=O) groups is 3. The fourth-order valence-corrected chi connectivity index (χ4v) is 2.27. The van der Waals surface area contributed by atoms with Gasteiger partial charge in [-0.15, -0.1) is 0 Å². The summed E-state index contributed by atoms with van der Waals surface area (Å²) in [6, 6.07) is 5.57. The molecule has 0 spiro atoms. The quantitative estimate of drug-likeness (QED) is 0.637. The van der Waals surface area contributed by atoms with Crippen molar-refractivity contribution in [1.29, 1.82) is 0 Å². The lowest BCUT2D eigenvalue weighted by Crippen LogP contribution is -2.55. The van der Waals surface area contributed by atoms with E-state index in [1.54, 1.807) is 25.3 Å². The number of benzene rings is 1. The Bertz CT molecular complexity index is 601. The molecule has 0 bridgehead atoms. The monoisotopic (exact) mass is 335 g/mol. The van der Waals surface area contributed by atoms with Gasteiger partial charge in [0.15, 0.2) is 0 Å². The summed E-state index contributed by atoms with van der Waals surface area (Å²) in [6.07, 6.45) is 0.239. The predicted octanol–water partition coefficient (Wildman–Crippen LogP) is 0.369. The largest absolute Gasteiger partial charge is 0.497 e. The molecule has 0 saturated carbocycles. The third-order valence-electron chi connectivity index (χ3n) is 3.54. The summed E-state index contributed by atoms with van der Waals surface area (Å²) in [4.78, 5) is 35.3. The topological polar surface area (TPSA) is 111 Å². The Labute approximate surface area is 141 Å². The summed E-state index contributed by atoms with van der Waals surface area (Å²) in [5.41, 5.74) is 6.21. The molecule has 1 rings (SSSR count). The molecule has 0 saturated heterocycles. The third kappa shape index (κ3) is 5.91. The number of nitrogens with one attached hydrogen (secondary N) is 2. The van der Waals surface area contributed by atoms with Crippen LogP contribution >= 0.6 is 0 Å². The van der Waals surface area contributed by atoms with Gasteiger partial charge in [-0.25, -0.2) is 0 Å². The number of rotatable bonds is 8. The van der Waals surface area contributed by atoms with E-state index in [0.29, 0.717) is 5.75 Å². The highest BCUT2D eigenvalue weighted by Crippen LogP contribution is 2.14. The smallest absolute Gasteiger partial charge is 0.243 e. The van der Waals surface area contributed by atoms with E-state index in [4.69, 9.17) is 10.5 Å². The van der Waals surface area contributed by atoms with Crippen LogP contribution in [0.1, 0.15) is 26.3 Å². The minimum atomic E-state index is -0.875. The SMILES string of the molecule is COc1cccc(C[C@@H](NC(=O)[C@H](NC(C)=O)C(C)C)C(N)=O)c1. The van der Waals surface area contributed by atoms with Crippen molar-refractivity contribution in [2.75, 3.05) is 7.11 Å². The van der Waals surface area contributed by atoms with Gasteiger partial charge < -0.3 is 21.1 Å². The van der Waals surface area contributed by atoms with Gasteiger partial charge in [-0.05, 0) is 23.6 Å². The summed E-state index contributed by atoms with van der Waals surface area (Å²) >= 11 is 0. The first-order valence-corrected chi connectivity index (χ1v) is 7.74. The number of hydrogen-bond acceptors (Lipinski definition) is 4. The molecule has 7 heteroatoms. The van der Waals surface area contributed by atoms with Gasteiger partial charge in [0, 0.05) is 13.3 Å². The maximum Gasteiger partial charge on any atom is 0.243 e.